The van der Waals surface area contributed by atoms with Crippen LogP contribution in [-0.2, 0) is 4.79 Å². The third-order valence-corrected chi connectivity index (χ3v) is 4.79. The van der Waals surface area contributed by atoms with Gasteiger partial charge in [-0.1, -0.05) is 6.08 Å². The first-order valence-electron chi connectivity index (χ1n) is 10.4. The molecule has 3 aromatic heterocycles. The van der Waals surface area contributed by atoms with Crippen LogP contribution in [0, 0.1) is 0 Å². The van der Waals surface area contributed by atoms with Gasteiger partial charge in [-0.2, -0.15) is 4.98 Å². The molecule has 0 saturated heterocycles. The molecule has 0 spiro atoms. The summed E-state index contributed by atoms with van der Waals surface area (Å²) in [6, 6.07) is 13.0. The van der Waals surface area contributed by atoms with E-state index in [0.29, 0.717) is 35.4 Å². The molecular formula is C24H25N7O2. The summed E-state index contributed by atoms with van der Waals surface area (Å²) in [4.78, 5) is 27.6. The summed E-state index contributed by atoms with van der Waals surface area (Å²) >= 11 is 0. The van der Waals surface area contributed by atoms with Gasteiger partial charge in [0.1, 0.15) is 17.2 Å². The van der Waals surface area contributed by atoms with Crippen molar-refractivity contribution in [1.82, 2.24) is 24.4 Å². The Bertz CT molecular complexity index is 1300. The number of hydrogen-bond donors (Lipinski definition) is 2. The van der Waals surface area contributed by atoms with Gasteiger partial charge >= 0.3 is 0 Å². The maximum absolute atomic E-state index is 12.2. The molecule has 3 heterocycles. The molecule has 0 bridgehead atoms. The minimum Gasteiger partial charge on any atom is -0.495 e. The van der Waals surface area contributed by atoms with Crippen molar-refractivity contribution < 1.29 is 9.53 Å². The summed E-state index contributed by atoms with van der Waals surface area (Å²) in [5, 5.41) is 7.07. The maximum Gasteiger partial charge on any atom is 0.248 e. The van der Waals surface area contributed by atoms with Gasteiger partial charge in [0.15, 0.2) is 0 Å². The molecular weight excluding hydrogens is 418 g/mol. The zero-order chi connectivity index (χ0) is 23.2. The fraction of sp³-hybridized carbons (Fsp3) is 0.167. The first-order valence-corrected chi connectivity index (χ1v) is 10.4. The average Bonchev–Trinajstić information content (AvgIpc) is 3.23. The number of ether oxygens (including phenoxy) is 1. The lowest BCUT2D eigenvalue weighted by molar-refractivity contribution is -0.111. The Morgan fingerprint density at radius 1 is 1.15 bits per heavy atom. The van der Waals surface area contributed by atoms with Crippen LogP contribution in [0.5, 0.6) is 5.75 Å². The van der Waals surface area contributed by atoms with Crippen molar-refractivity contribution in [2.75, 3.05) is 38.4 Å². The van der Waals surface area contributed by atoms with Crippen molar-refractivity contribution in [2.45, 2.75) is 0 Å². The van der Waals surface area contributed by atoms with Crippen LogP contribution in [0.15, 0.2) is 73.2 Å². The molecule has 0 radical (unpaired) electrons. The smallest absolute Gasteiger partial charge is 0.248 e. The predicted molar refractivity (Wildman–Crippen MR) is 129 cm³/mol. The molecule has 4 aromatic rings. The van der Waals surface area contributed by atoms with Crippen molar-refractivity contribution in [2.24, 2.45) is 0 Å². The number of fused-ring (bicyclic) bond motifs is 1. The number of pyridine rings is 1. The summed E-state index contributed by atoms with van der Waals surface area (Å²) < 4.78 is 7.36. The summed E-state index contributed by atoms with van der Waals surface area (Å²) in [5.74, 6) is 1.45. The number of methoxy groups -OCH3 is 1. The van der Waals surface area contributed by atoms with Crippen LogP contribution in [0.2, 0.25) is 0 Å². The van der Waals surface area contributed by atoms with Gasteiger partial charge in [-0.3, -0.25) is 9.36 Å². The van der Waals surface area contributed by atoms with Gasteiger partial charge in [0.05, 0.1) is 12.8 Å². The molecule has 9 nitrogen and oxygen atoms in total. The van der Waals surface area contributed by atoms with E-state index in [9.17, 15) is 4.79 Å². The zero-order valence-corrected chi connectivity index (χ0v) is 18.7. The third-order valence-electron chi connectivity index (χ3n) is 4.79. The van der Waals surface area contributed by atoms with Gasteiger partial charge in [0.25, 0.3) is 0 Å². The highest BCUT2D eigenvalue weighted by atomic mass is 16.5. The molecule has 1 amide bonds. The molecule has 168 valence electrons. The Kier molecular flexibility index (Phi) is 6.61. The van der Waals surface area contributed by atoms with Gasteiger partial charge in [-0.25, -0.2) is 9.97 Å². The summed E-state index contributed by atoms with van der Waals surface area (Å²) in [5.41, 5.74) is 2.06. The highest BCUT2D eigenvalue weighted by Gasteiger charge is 2.10. The Hall–Kier alpha value is -4.24. The van der Waals surface area contributed by atoms with E-state index in [1.165, 1.54) is 6.08 Å². The van der Waals surface area contributed by atoms with E-state index in [-0.39, 0.29) is 5.91 Å². The maximum atomic E-state index is 12.2. The highest BCUT2D eigenvalue weighted by molar-refractivity contribution is 5.99. The molecule has 0 saturated carbocycles. The highest BCUT2D eigenvalue weighted by Crippen LogP contribution is 2.30. The molecule has 9 heteroatoms. The summed E-state index contributed by atoms with van der Waals surface area (Å²) in [6.45, 7) is 0.683. The van der Waals surface area contributed by atoms with E-state index in [0.717, 1.165) is 11.0 Å². The minimum absolute atomic E-state index is 0.210. The SMILES string of the molecule is COc1ccc(NC(=O)/C=C/CN(C)C)cc1Nc1nccc(-n2ccc3cccnc32)n1. The van der Waals surface area contributed by atoms with Crippen molar-refractivity contribution >= 4 is 34.3 Å². The molecule has 0 aliphatic carbocycles. The van der Waals surface area contributed by atoms with Crippen LogP contribution in [-0.4, -0.2) is 58.1 Å². The van der Waals surface area contributed by atoms with E-state index < -0.39 is 0 Å². The van der Waals surface area contributed by atoms with E-state index >= 15 is 0 Å². The lowest BCUT2D eigenvalue weighted by Crippen LogP contribution is -2.13. The number of benzene rings is 1. The number of amides is 1. The largest absolute Gasteiger partial charge is 0.495 e. The molecule has 0 fully saturated rings. The van der Waals surface area contributed by atoms with Crippen LogP contribution >= 0.6 is 0 Å². The van der Waals surface area contributed by atoms with E-state index in [4.69, 9.17) is 4.74 Å². The molecule has 0 atom stereocenters. The van der Waals surface area contributed by atoms with E-state index in [1.54, 1.807) is 43.8 Å². The minimum atomic E-state index is -0.210. The number of nitrogens with one attached hydrogen (secondary N) is 2. The Morgan fingerprint density at radius 3 is 2.85 bits per heavy atom. The van der Waals surface area contributed by atoms with E-state index in [1.807, 2.05) is 54.0 Å². The number of rotatable bonds is 8. The van der Waals surface area contributed by atoms with Crippen LogP contribution in [0.3, 0.4) is 0 Å². The molecule has 4 rings (SSSR count). The van der Waals surface area contributed by atoms with Crippen LogP contribution in [0.1, 0.15) is 0 Å². The second-order valence-corrected chi connectivity index (χ2v) is 7.53. The molecule has 0 aliphatic heterocycles. The second kappa shape index (κ2) is 9.92. The van der Waals surface area contributed by atoms with Crippen molar-refractivity contribution in [1.29, 1.82) is 0 Å². The fourth-order valence-electron chi connectivity index (χ4n) is 3.25. The first kappa shape index (κ1) is 22.0. The standard InChI is InChI=1S/C24H25N7O2/c1-30(2)14-5-7-22(32)27-18-8-9-20(33-3)19(16-18)28-24-26-13-10-21(29-24)31-15-11-17-6-4-12-25-23(17)31/h4-13,15-16H,14H2,1-3H3,(H,27,32)(H,26,28,29)/b7-5+. The molecule has 33 heavy (non-hydrogen) atoms. The van der Waals surface area contributed by atoms with Crippen molar-refractivity contribution in [3.05, 3.63) is 73.2 Å². The monoisotopic (exact) mass is 443 g/mol. The number of carbonyl (C=O) groups excluding carboxylic acids is 1. The van der Waals surface area contributed by atoms with Crippen LogP contribution in [0.25, 0.3) is 16.9 Å². The third kappa shape index (κ3) is 5.34. The normalized spacial score (nSPS) is 11.3. The number of anilines is 3. The van der Waals surface area contributed by atoms with Gasteiger partial charge in [0, 0.05) is 42.3 Å². The topological polar surface area (TPSA) is 97.2 Å². The molecule has 0 unspecified atom stereocenters. The van der Waals surface area contributed by atoms with Gasteiger partial charge in [-0.15, -0.1) is 0 Å². The van der Waals surface area contributed by atoms with Gasteiger partial charge in [-0.05, 0) is 56.6 Å². The molecule has 0 aliphatic rings. The zero-order valence-electron chi connectivity index (χ0n) is 18.7. The number of aromatic nitrogens is 4. The van der Waals surface area contributed by atoms with Crippen molar-refractivity contribution in [3.63, 3.8) is 0 Å². The lowest BCUT2D eigenvalue weighted by Gasteiger charge is -2.13. The fourth-order valence-corrected chi connectivity index (χ4v) is 3.25. The first-order chi connectivity index (χ1) is 16.0. The quantitative estimate of drug-likeness (QED) is 0.402. The number of nitrogens with zero attached hydrogens (tertiary/aromatic N) is 5. The number of likely N-dealkylation sites (N-methyl/N-ethyl adjacent to an activating group) is 1. The van der Waals surface area contributed by atoms with Gasteiger partial charge < -0.3 is 20.3 Å². The summed E-state index contributed by atoms with van der Waals surface area (Å²) in [7, 11) is 5.46. The predicted octanol–water partition coefficient (Wildman–Crippen LogP) is 3.62. The molecule has 2 N–H and O–H groups in total. The van der Waals surface area contributed by atoms with E-state index in [2.05, 4.69) is 25.6 Å². The van der Waals surface area contributed by atoms with Gasteiger partial charge in [0.2, 0.25) is 11.9 Å². The Labute approximate surface area is 191 Å². The number of carbonyl (C=O) groups is 1. The second-order valence-electron chi connectivity index (χ2n) is 7.53. The van der Waals surface area contributed by atoms with Crippen molar-refractivity contribution in [3.8, 4) is 11.6 Å². The lowest BCUT2D eigenvalue weighted by atomic mass is 10.2. The van der Waals surface area contributed by atoms with Crippen LogP contribution < -0.4 is 15.4 Å². The average molecular weight is 444 g/mol. The molecule has 1 aromatic carbocycles. The summed E-state index contributed by atoms with van der Waals surface area (Å²) in [6.07, 6.45) is 8.66. The number of hydrogen-bond acceptors (Lipinski definition) is 7. The van der Waals surface area contributed by atoms with Crippen LogP contribution in [0.4, 0.5) is 17.3 Å². The Balaban J connectivity index is 1.56. The Morgan fingerprint density at radius 2 is 2.03 bits per heavy atom.